The number of para-hydroxylation sites is 1. The predicted octanol–water partition coefficient (Wildman–Crippen LogP) is 2.18. The molecule has 0 saturated heterocycles. The van der Waals surface area contributed by atoms with Crippen LogP contribution in [0.4, 0.5) is 5.69 Å². The minimum atomic E-state index is 0.119. The molecule has 0 aliphatic heterocycles. The molecule has 100 valence electrons. The van der Waals surface area contributed by atoms with Crippen LogP contribution in [0.5, 0.6) is 23.5 Å². The van der Waals surface area contributed by atoms with Crippen LogP contribution in [0.2, 0.25) is 0 Å². The van der Waals surface area contributed by atoms with Gasteiger partial charge in [0.2, 0.25) is 11.8 Å². The molecule has 0 saturated carbocycles. The van der Waals surface area contributed by atoms with Gasteiger partial charge in [0.25, 0.3) is 0 Å². The molecule has 6 nitrogen and oxygen atoms in total. The second kappa shape index (κ2) is 5.43. The fraction of sp³-hybridized carbons (Fsp3) is 0.231. The van der Waals surface area contributed by atoms with Crippen molar-refractivity contribution in [3.63, 3.8) is 0 Å². The molecule has 0 spiro atoms. The molecule has 2 rings (SSSR count). The number of anilines is 1. The van der Waals surface area contributed by atoms with E-state index in [-0.39, 0.29) is 6.01 Å². The molecular weight excluding hydrogens is 246 g/mol. The summed E-state index contributed by atoms with van der Waals surface area (Å²) in [5.74, 6) is 1.21. The van der Waals surface area contributed by atoms with Gasteiger partial charge in [-0.1, -0.05) is 12.1 Å². The zero-order chi connectivity index (χ0) is 13.8. The lowest BCUT2D eigenvalue weighted by atomic mass is 10.2. The summed E-state index contributed by atoms with van der Waals surface area (Å²) in [6, 6.07) is 7.17. The largest absolute Gasteiger partial charge is 0.481 e. The number of nitrogen functional groups attached to an aromatic ring is 1. The molecule has 0 atom stereocenters. The van der Waals surface area contributed by atoms with E-state index in [9.17, 15) is 0 Å². The number of ether oxygens (including phenoxy) is 3. The highest BCUT2D eigenvalue weighted by Gasteiger charge is 2.10. The summed E-state index contributed by atoms with van der Waals surface area (Å²) in [5.41, 5.74) is 7.40. The number of benzene rings is 1. The maximum atomic E-state index is 5.93. The number of rotatable bonds is 4. The van der Waals surface area contributed by atoms with Crippen LogP contribution < -0.4 is 19.9 Å². The van der Waals surface area contributed by atoms with Crippen molar-refractivity contribution in [3.05, 3.63) is 29.8 Å². The van der Waals surface area contributed by atoms with Crippen LogP contribution in [0.1, 0.15) is 5.56 Å². The van der Waals surface area contributed by atoms with E-state index in [0.29, 0.717) is 23.2 Å². The number of hydrogen-bond acceptors (Lipinski definition) is 6. The lowest BCUT2D eigenvalue weighted by Crippen LogP contribution is -2.00. The summed E-state index contributed by atoms with van der Waals surface area (Å²) in [5, 5.41) is 0. The van der Waals surface area contributed by atoms with E-state index < -0.39 is 0 Å². The van der Waals surface area contributed by atoms with Gasteiger partial charge in [-0.15, -0.1) is 0 Å². The van der Waals surface area contributed by atoms with Gasteiger partial charge in [-0.3, -0.25) is 0 Å². The number of nitrogens with two attached hydrogens (primary N) is 1. The molecule has 0 unspecified atom stereocenters. The number of aromatic nitrogens is 2. The molecule has 2 aromatic rings. The molecular formula is C13H15N3O3. The van der Waals surface area contributed by atoms with Gasteiger partial charge in [-0.05, 0) is 18.6 Å². The monoisotopic (exact) mass is 261 g/mol. The summed E-state index contributed by atoms with van der Waals surface area (Å²) in [6.45, 7) is 1.90. The fourth-order valence-electron chi connectivity index (χ4n) is 1.48. The zero-order valence-electron chi connectivity index (χ0n) is 11.0. The second-order valence-corrected chi connectivity index (χ2v) is 3.82. The third-order valence-corrected chi connectivity index (χ3v) is 2.56. The number of methoxy groups -OCH3 is 2. The SMILES string of the molecule is COc1cc(OC)nc(Oc2cccc(C)c2N)n1. The Labute approximate surface area is 111 Å². The molecule has 1 aromatic carbocycles. The molecule has 0 radical (unpaired) electrons. The zero-order valence-corrected chi connectivity index (χ0v) is 11.0. The first-order valence-corrected chi connectivity index (χ1v) is 5.64. The van der Waals surface area contributed by atoms with Crippen molar-refractivity contribution < 1.29 is 14.2 Å². The highest BCUT2D eigenvalue weighted by molar-refractivity contribution is 5.58. The molecule has 0 bridgehead atoms. The van der Waals surface area contributed by atoms with Crippen molar-refractivity contribution >= 4 is 5.69 Å². The van der Waals surface area contributed by atoms with Crippen LogP contribution in [-0.4, -0.2) is 24.2 Å². The number of aryl methyl sites for hydroxylation is 1. The number of hydrogen-bond donors (Lipinski definition) is 1. The van der Waals surface area contributed by atoms with Gasteiger partial charge in [0.15, 0.2) is 5.75 Å². The van der Waals surface area contributed by atoms with Crippen molar-refractivity contribution in [2.75, 3.05) is 20.0 Å². The second-order valence-electron chi connectivity index (χ2n) is 3.82. The third kappa shape index (κ3) is 2.85. The summed E-state index contributed by atoms with van der Waals surface area (Å²) in [6.07, 6.45) is 0. The average Bonchev–Trinajstić information content (AvgIpc) is 2.43. The quantitative estimate of drug-likeness (QED) is 0.850. The van der Waals surface area contributed by atoms with Crippen LogP contribution in [0.15, 0.2) is 24.3 Å². The first-order valence-electron chi connectivity index (χ1n) is 5.64. The highest BCUT2D eigenvalue weighted by atomic mass is 16.5. The van der Waals surface area contributed by atoms with Gasteiger partial charge in [0.05, 0.1) is 26.0 Å². The summed E-state index contributed by atoms with van der Waals surface area (Å²) >= 11 is 0. The first kappa shape index (κ1) is 12.9. The summed E-state index contributed by atoms with van der Waals surface area (Å²) < 4.78 is 15.7. The Kier molecular flexibility index (Phi) is 3.70. The van der Waals surface area contributed by atoms with Crippen LogP contribution in [0.25, 0.3) is 0 Å². The van der Waals surface area contributed by atoms with Crippen LogP contribution in [-0.2, 0) is 0 Å². The Morgan fingerprint density at radius 1 is 1.05 bits per heavy atom. The van der Waals surface area contributed by atoms with Gasteiger partial charge in [0.1, 0.15) is 0 Å². The van der Waals surface area contributed by atoms with Crippen LogP contribution in [0, 0.1) is 6.92 Å². The minimum absolute atomic E-state index is 0.119. The smallest absolute Gasteiger partial charge is 0.328 e. The van der Waals surface area contributed by atoms with Crippen molar-refractivity contribution in [1.82, 2.24) is 9.97 Å². The van der Waals surface area contributed by atoms with E-state index >= 15 is 0 Å². The molecule has 0 aliphatic rings. The Bertz CT molecular complexity index is 565. The Morgan fingerprint density at radius 3 is 2.26 bits per heavy atom. The van der Waals surface area contributed by atoms with Crippen molar-refractivity contribution in [2.45, 2.75) is 6.92 Å². The maximum Gasteiger partial charge on any atom is 0.328 e. The molecule has 2 N–H and O–H groups in total. The topological polar surface area (TPSA) is 79.5 Å². The van der Waals surface area contributed by atoms with Gasteiger partial charge in [0, 0.05) is 0 Å². The maximum absolute atomic E-state index is 5.93. The number of nitrogens with zero attached hydrogens (tertiary/aromatic N) is 2. The van der Waals surface area contributed by atoms with E-state index in [2.05, 4.69) is 9.97 Å². The molecule has 0 aliphatic carbocycles. The molecule has 19 heavy (non-hydrogen) atoms. The third-order valence-electron chi connectivity index (χ3n) is 2.56. The van der Waals surface area contributed by atoms with E-state index in [1.807, 2.05) is 19.1 Å². The normalized spacial score (nSPS) is 10.1. The molecule has 6 heteroatoms. The van der Waals surface area contributed by atoms with Gasteiger partial charge in [-0.2, -0.15) is 9.97 Å². The minimum Gasteiger partial charge on any atom is -0.481 e. The molecule has 1 heterocycles. The Morgan fingerprint density at radius 2 is 1.68 bits per heavy atom. The van der Waals surface area contributed by atoms with E-state index in [4.69, 9.17) is 19.9 Å². The Balaban J connectivity index is 2.34. The van der Waals surface area contributed by atoms with Crippen molar-refractivity contribution in [1.29, 1.82) is 0 Å². The average molecular weight is 261 g/mol. The van der Waals surface area contributed by atoms with Gasteiger partial charge < -0.3 is 19.9 Å². The van der Waals surface area contributed by atoms with Crippen molar-refractivity contribution in [3.8, 4) is 23.5 Å². The molecule has 0 fully saturated rings. The fourth-order valence-corrected chi connectivity index (χ4v) is 1.48. The van der Waals surface area contributed by atoms with Crippen molar-refractivity contribution in [2.24, 2.45) is 0 Å². The Hall–Kier alpha value is -2.50. The summed E-state index contributed by atoms with van der Waals surface area (Å²) in [7, 11) is 3.01. The van der Waals surface area contributed by atoms with Crippen LogP contribution >= 0.6 is 0 Å². The van der Waals surface area contributed by atoms with E-state index in [1.165, 1.54) is 14.2 Å². The van der Waals surface area contributed by atoms with E-state index in [1.54, 1.807) is 12.1 Å². The predicted molar refractivity (Wildman–Crippen MR) is 70.8 cm³/mol. The standard InChI is InChI=1S/C13H15N3O3/c1-8-5-4-6-9(12(8)14)19-13-15-10(17-2)7-11(16-13)18-3/h4-7H,14H2,1-3H3. The highest BCUT2D eigenvalue weighted by Crippen LogP contribution is 2.29. The lowest BCUT2D eigenvalue weighted by molar-refractivity contribution is 0.348. The molecule has 0 amide bonds. The van der Waals surface area contributed by atoms with E-state index in [0.717, 1.165) is 5.56 Å². The lowest BCUT2D eigenvalue weighted by Gasteiger charge is -2.10. The molecule has 1 aromatic heterocycles. The van der Waals surface area contributed by atoms with Gasteiger partial charge in [-0.25, -0.2) is 0 Å². The first-order chi connectivity index (χ1) is 9.13. The summed E-state index contributed by atoms with van der Waals surface area (Å²) in [4.78, 5) is 8.15. The van der Waals surface area contributed by atoms with Crippen LogP contribution in [0.3, 0.4) is 0 Å². The van der Waals surface area contributed by atoms with Gasteiger partial charge >= 0.3 is 6.01 Å².